The van der Waals surface area contributed by atoms with E-state index in [2.05, 4.69) is 5.32 Å². The molecule has 1 fully saturated rings. The quantitative estimate of drug-likeness (QED) is 0.275. The molecule has 0 aliphatic heterocycles. The van der Waals surface area contributed by atoms with E-state index in [1.54, 1.807) is 30.3 Å². The van der Waals surface area contributed by atoms with E-state index in [0.717, 1.165) is 48.2 Å². The fraction of sp³-hybridized carbons (Fsp3) is 0.394. The average molecular weight is 642 g/mol. The van der Waals surface area contributed by atoms with Crippen LogP contribution in [0.25, 0.3) is 0 Å². The van der Waals surface area contributed by atoms with E-state index in [9.17, 15) is 18.0 Å². The van der Waals surface area contributed by atoms with Crippen LogP contribution in [0.4, 0.5) is 5.69 Å². The van der Waals surface area contributed by atoms with Gasteiger partial charge in [0.1, 0.15) is 24.1 Å². The van der Waals surface area contributed by atoms with Gasteiger partial charge in [0.25, 0.3) is 0 Å². The molecular formula is C33H40ClN3O6S. The molecule has 0 bridgehead atoms. The lowest BCUT2D eigenvalue weighted by atomic mass is 9.94. The van der Waals surface area contributed by atoms with Crippen LogP contribution in [0.3, 0.4) is 0 Å². The molecule has 1 aliphatic rings. The molecule has 1 N–H and O–H groups in total. The Bertz CT molecular complexity index is 1530. The van der Waals surface area contributed by atoms with Gasteiger partial charge in [-0.05, 0) is 48.2 Å². The summed E-state index contributed by atoms with van der Waals surface area (Å²) in [5.74, 6) is -0.132. The SMILES string of the molecule is COc1ccc(N(CC(=O)N(Cc2cccc(Cl)c2)[C@H](Cc2ccccc2)C(=O)NC2CCCCC2)S(C)(=O)=O)c(OC)c1. The molecule has 3 aromatic rings. The summed E-state index contributed by atoms with van der Waals surface area (Å²) in [6.45, 7) is -0.504. The predicted octanol–water partition coefficient (Wildman–Crippen LogP) is 5.21. The Hall–Kier alpha value is -3.76. The number of rotatable bonds is 13. The fourth-order valence-corrected chi connectivity index (χ4v) is 6.58. The summed E-state index contributed by atoms with van der Waals surface area (Å²) in [6, 6.07) is 20.3. The zero-order chi connectivity index (χ0) is 31.7. The monoisotopic (exact) mass is 641 g/mol. The minimum absolute atomic E-state index is 0.0220. The Balaban J connectivity index is 1.75. The first kappa shape index (κ1) is 33.1. The number of benzene rings is 3. The van der Waals surface area contributed by atoms with Crippen LogP contribution in [-0.4, -0.2) is 64.2 Å². The van der Waals surface area contributed by atoms with Gasteiger partial charge in [-0.2, -0.15) is 0 Å². The van der Waals surface area contributed by atoms with Crippen molar-refractivity contribution in [3.05, 3.63) is 88.9 Å². The van der Waals surface area contributed by atoms with Crippen molar-refractivity contribution in [2.45, 2.75) is 57.2 Å². The number of amides is 2. The summed E-state index contributed by atoms with van der Waals surface area (Å²) in [5, 5.41) is 3.68. The second-order valence-corrected chi connectivity index (χ2v) is 13.4. The van der Waals surface area contributed by atoms with Gasteiger partial charge in [0.2, 0.25) is 21.8 Å². The third-order valence-electron chi connectivity index (χ3n) is 7.80. The Morgan fingerprint density at radius 3 is 2.27 bits per heavy atom. The van der Waals surface area contributed by atoms with Crippen LogP contribution in [0.5, 0.6) is 11.5 Å². The number of anilines is 1. The van der Waals surface area contributed by atoms with Gasteiger partial charge in [0.15, 0.2) is 0 Å². The van der Waals surface area contributed by atoms with Crippen LogP contribution in [0.15, 0.2) is 72.8 Å². The number of hydrogen-bond acceptors (Lipinski definition) is 6. The number of carbonyl (C=O) groups excluding carboxylic acids is 2. The van der Waals surface area contributed by atoms with Crippen molar-refractivity contribution in [1.82, 2.24) is 10.2 Å². The molecule has 2 amide bonds. The summed E-state index contributed by atoms with van der Waals surface area (Å²) >= 11 is 6.30. The summed E-state index contributed by atoms with van der Waals surface area (Å²) < 4.78 is 38.0. The maximum atomic E-state index is 14.4. The Labute approximate surface area is 265 Å². The maximum Gasteiger partial charge on any atom is 0.244 e. The molecule has 9 nitrogen and oxygen atoms in total. The van der Waals surface area contributed by atoms with Gasteiger partial charge in [0, 0.05) is 30.1 Å². The zero-order valence-corrected chi connectivity index (χ0v) is 26.9. The first-order chi connectivity index (χ1) is 21.1. The minimum Gasteiger partial charge on any atom is -0.497 e. The third-order valence-corrected chi connectivity index (χ3v) is 9.16. The van der Waals surface area contributed by atoms with Crippen LogP contribution < -0.4 is 19.1 Å². The number of carbonyl (C=O) groups is 2. The van der Waals surface area contributed by atoms with Crippen LogP contribution in [0, 0.1) is 0 Å². The van der Waals surface area contributed by atoms with Crippen molar-refractivity contribution < 1.29 is 27.5 Å². The standard InChI is InChI=1S/C33H40ClN3O6S/c1-42-28-17-18-29(31(21-28)43-2)37(44(3,40)41)23-32(38)36(22-25-13-10-14-26(34)19-25)30(20-24-11-6-4-7-12-24)33(39)35-27-15-8-5-9-16-27/h4,6-7,10-14,17-19,21,27,30H,5,8-9,15-16,20,22-23H2,1-3H3,(H,35,39)/t30-/m1/s1. The highest BCUT2D eigenvalue weighted by Gasteiger charge is 2.34. The molecule has 11 heteroatoms. The molecule has 1 saturated carbocycles. The van der Waals surface area contributed by atoms with E-state index in [1.165, 1.54) is 25.2 Å². The van der Waals surface area contributed by atoms with Crippen LogP contribution in [-0.2, 0) is 32.6 Å². The largest absolute Gasteiger partial charge is 0.497 e. The average Bonchev–Trinajstić information content (AvgIpc) is 3.01. The predicted molar refractivity (Wildman–Crippen MR) is 173 cm³/mol. The van der Waals surface area contributed by atoms with Crippen molar-refractivity contribution in [3.63, 3.8) is 0 Å². The van der Waals surface area contributed by atoms with E-state index >= 15 is 0 Å². The lowest BCUT2D eigenvalue weighted by Crippen LogP contribution is -2.55. The number of halogens is 1. The molecule has 236 valence electrons. The van der Waals surface area contributed by atoms with E-state index in [-0.39, 0.29) is 36.4 Å². The number of nitrogens with one attached hydrogen (secondary N) is 1. The molecule has 3 aromatic carbocycles. The lowest BCUT2D eigenvalue weighted by Gasteiger charge is -2.35. The molecule has 0 spiro atoms. The van der Waals surface area contributed by atoms with Gasteiger partial charge < -0.3 is 19.7 Å². The zero-order valence-electron chi connectivity index (χ0n) is 25.4. The van der Waals surface area contributed by atoms with Crippen molar-refractivity contribution in [2.24, 2.45) is 0 Å². The molecule has 0 unspecified atom stereocenters. The molecule has 1 aliphatic carbocycles. The number of sulfonamides is 1. The van der Waals surface area contributed by atoms with Gasteiger partial charge in [-0.25, -0.2) is 8.42 Å². The summed E-state index contributed by atoms with van der Waals surface area (Å²) in [4.78, 5) is 29.9. The first-order valence-corrected chi connectivity index (χ1v) is 16.9. The summed E-state index contributed by atoms with van der Waals surface area (Å²) in [5.41, 5.74) is 1.76. The molecule has 0 heterocycles. The van der Waals surface area contributed by atoms with Crippen LogP contribution in [0.2, 0.25) is 5.02 Å². The summed E-state index contributed by atoms with van der Waals surface area (Å²) in [7, 11) is -1.06. The van der Waals surface area contributed by atoms with Crippen molar-refractivity contribution in [2.75, 3.05) is 31.3 Å². The van der Waals surface area contributed by atoms with E-state index in [1.807, 2.05) is 36.4 Å². The minimum atomic E-state index is -3.96. The third kappa shape index (κ3) is 8.89. The van der Waals surface area contributed by atoms with Crippen LogP contribution in [0.1, 0.15) is 43.2 Å². The van der Waals surface area contributed by atoms with Crippen LogP contribution >= 0.6 is 11.6 Å². The second kappa shape index (κ2) is 15.3. The molecule has 1 atom stereocenters. The van der Waals surface area contributed by atoms with Gasteiger partial charge in [-0.1, -0.05) is 73.3 Å². The van der Waals surface area contributed by atoms with Gasteiger partial charge in [-0.3, -0.25) is 13.9 Å². The highest BCUT2D eigenvalue weighted by atomic mass is 35.5. The van der Waals surface area contributed by atoms with E-state index in [4.69, 9.17) is 21.1 Å². The van der Waals surface area contributed by atoms with Gasteiger partial charge in [-0.15, -0.1) is 0 Å². The summed E-state index contributed by atoms with van der Waals surface area (Å²) in [6.07, 6.45) is 6.24. The lowest BCUT2D eigenvalue weighted by molar-refractivity contribution is -0.140. The van der Waals surface area contributed by atoms with Crippen molar-refractivity contribution in [1.29, 1.82) is 0 Å². The second-order valence-electron chi connectivity index (χ2n) is 11.0. The molecule has 4 rings (SSSR count). The van der Waals surface area contributed by atoms with E-state index < -0.39 is 28.5 Å². The number of methoxy groups -OCH3 is 2. The molecule has 44 heavy (non-hydrogen) atoms. The Kier molecular flexibility index (Phi) is 11.5. The van der Waals surface area contributed by atoms with Gasteiger partial charge >= 0.3 is 0 Å². The van der Waals surface area contributed by atoms with Crippen molar-refractivity contribution in [3.8, 4) is 11.5 Å². The van der Waals surface area contributed by atoms with E-state index in [0.29, 0.717) is 16.3 Å². The first-order valence-electron chi connectivity index (χ1n) is 14.7. The molecule has 0 saturated heterocycles. The van der Waals surface area contributed by atoms with Gasteiger partial charge in [0.05, 0.1) is 26.2 Å². The topological polar surface area (TPSA) is 105 Å². The number of ether oxygens (including phenoxy) is 2. The highest BCUT2D eigenvalue weighted by Crippen LogP contribution is 2.34. The smallest absolute Gasteiger partial charge is 0.244 e. The molecule has 0 radical (unpaired) electrons. The normalized spacial score (nSPS) is 14.4. The Morgan fingerprint density at radius 2 is 1.64 bits per heavy atom. The molecule has 0 aromatic heterocycles. The molecular weight excluding hydrogens is 602 g/mol. The number of nitrogens with zero attached hydrogens (tertiary/aromatic N) is 2. The Morgan fingerprint density at radius 1 is 0.932 bits per heavy atom. The number of hydrogen-bond donors (Lipinski definition) is 1. The maximum absolute atomic E-state index is 14.4. The fourth-order valence-electron chi connectivity index (χ4n) is 5.52. The van der Waals surface area contributed by atoms with Crippen molar-refractivity contribution >= 4 is 39.1 Å². The highest BCUT2D eigenvalue weighted by molar-refractivity contribution is 7.92.